The van der Waals surface area contributed by atoms with Crippen LogP contribution in [0.2, 0.25) is 0 Å². The monoisotopic (exact) mass is 126 g/mol. The molecule has 0 aliphatic carbocycles. The zero-order valence-corrected chi connectivity index (χ0v) is 7.30. The minimum absolute atomic E-state index is 0. The Bertz CT molecular complexity index is 73.7. The Morgan fingerprint density at radius 2 is 2.12 bits per heavy atom. The number of carboxylic acid groups (broad SMARTS) is 1. The van der Waals surface area contributed by atoms with Gasteiger partial charge in [0.1, 0.15) is 0 Å². The van der Waals surface area contributed by atoms with E-state index >= 15 is 0 Å². The number of carboxylic acids is 1. The third-order valence-corrected chi connectivity index (χ3v) is 0.685. The van der Waals surface area contributed by atoms with Crippen LogP contribution >= 0.6 is 0 Å². The Morgan fingerprint density at radius 1 is 1.75 bits per heavy atom. The number of methoxy groups -OCH3 is 1. The zero-order chi connectivity index (χ0) is 5.86. The van der Waals surface area contributed by atoms with E-state index in [4.69, 9.17) is 0 Å². The van der Waals surface area contributed by atoms with E-state index in [1.165, 1.54) is 14.0 Å². The predicted molar refractivity (Wildman–Crippen MR) is 21.5 cm³/mol. The Morgan fingerprint density at radius 3 is 2.12 bits per heavy atom. The first-order valence-corrected chi connectivity index (χ1v) is 1.92. The first-order chi connectivity index (χ1) is 3.18. The van der Waals surface area contributed by atoms with E-state index in [9.17, 15) is 9.90 Å². The number of ether oxygens (including phenoxy) is 1. The molecule has 4 heteroatoms. The molecule has 0 aromatic heterocycles. The topological polar surface area (TPSA) is 49.4 Å². The van der Waals surface area contributed by atoms with Crippen molar-refractivity contribution in [3.05, 3.63) is 0 Å². The minimum atomic E-state index is -1.18. The van der Waals surface area contributed by atoms with Gasteiger partial charge in [-0.15, -0.1) is 0 Å². The summed E-state index contributed by atoms with van der Waals surface area (Å²) in [5, 5.41) is 9.69. The van der Waals surface area contributed by atoms with Gasteiger partial charge in [-0.25, -0.2) is 0 Å². The Labute approximate surface area is 70.3 Å². The standard InChI is InChI=1S/C4H8O3.Na/c1-3(7-2)4(5)6;/h3H,1-2H3,(H,5,6);/q;+1/p-1/t3-;/m0./s1. The van der Waals surface area contributed by atoms with Gasteiger partial charge in [-0.2, -0.15) is 0 Å². The van der Waals surface area contributed by atoms with Crippen LogP contribution in [0.4, 0.5) is 0 Å². The van der Waals surface area contributed by atoms with E-state index in [1.807, 2.05) is 0 Å². The Kier molecular flexibility index (Phi) is 7.83. The van der Waals surface area contributed by atoms with Crippen LogP contribution in [0.1, 0.15) is 6.92 Å². The second kappa shape index (κ2) is 5.56. The molecule has 0 aliphatic heterocycles. The van der Waals surface area contributed by atoms with Crippen molar-refractivity contribution in [2.24, 2.45) is 0 Å². The number of carbonyl (C=O) groups excluding carboxylic acids is 1. The van der Waals surface area contributed by atoms with Crippen LogP contribution in [0.5, 0.6) is 0 Å². The van der Waals surface area contributed by atoms with E-state index in [0.29, 0.717) is 0 Å². The number of rotatable bonds is 2. The molecule has 0 rings (SSSR count). The Hall–Kier alpha value is 0.430. The fourth-order valence-corrected chi connectivity index (χ4v) is 0.0962. The molecule has 0 heterocycles. The summed E-state index contributed by atoms with van der Waals surface area (Å²) in [7, 11) is 1.32. The summed E-state index contributed by atoms with van der Waals surface area (Å²) in [6, 6.07) is 0. The van der Waals surface area contributed by atoms with Crippen molar-refractivity contribution in [1.29, 1.82) is 0 Å². The molecule has 0 fully saturated rings. The van der Waals surface area contributed by atoms with Gasteiger partial charge in [0.15, 0.2) is 0 Å². The van der Waals surface area contributed by atoms with Crippen molar-refractivity contribution in [2.45, 2.75) is 13.0 Å². The summed E-state index contributed by atoms with van der Waals surface area (Å²) in [6.07, 6.45) is -0.792. The Balaban J connectivity index is 0. The molecule has 0 aromatic carbocycles. The molecule has 0 radical (unpaired) electrons. The van der Waals surface area contributed by atoms with E-state index in [-0.39, 0.29) is 29.6 Å². The fraction of sp³-hybridized carbons (Fsp3) is 0.750. The number of hydrogen-bond donors (Lipinski definition) is 0. The average Bonchev–Trinajstić information content (AvgIpc) is 1.65. The first-order valence-electron chi connectivity index (χ1n) is 1.92. The van der Waals surface area contributed by atoms with Gasteiger partial charge in [-0.05, 0) is 6.92 Å². The van der Waals surface area contributed by atoms with Gasteiger partial charge in [0, 0.05) is 7.11 Å². The molecule has 0 N–H and O–H groups in total. The normalized spacial score (nSPS) is 11.8. The van der Waals surface area contributed by atoms with Gasteiger partial charge in [0.05, 0.1) is 12.1 Å². The van der Waals surface area contributed by atoms with Crippen LogP contribution in [0.15, 0.2) is 0 Å². The van der Waals surface area contributed by atoms with Gasteiger partial charge in [-0.3, -0.25) is 0 Å². The molecular formula is C4H7NaO3. The summed E-state index contributed by atoms with van der Waals surface area (Å²) in [4.78, 5) is 9.69. The van der Waals surface area contributed by atoms with Crippen molar-refractivity contribution >= 4 is 5.97 Å². The van der Waals surface area contributed by atoms with E-state index in [0.717, 1.165) is 0 Å². The van der Waals surface area contributed by atoms with Crippen LogP contribution in [0, 0.1) is 0 Å². The molecule has 0 unspecified atom stereocenters. The molecule has 0 aliphatic rings. The smallest absolute Gasteiger partial charge is 0.547 e. The third-order valence-electron chi connectivity index (χ3n) is 0.685. The third kappa shape index (κ3) is 4.59. The van der Waals surface area contributed by atoms with E-state index < -0.39 is 12.1 Å². The van der Waals surface area contributed by atoms with E-state index in [1.54, 1.807) is 0 Å². The molecule has 1 atom stereocenters. The van der Waals surface area contributed by atoms with Crippen molar-refractivity contribution in [3.8, 4) is 0 Å². The summed E-state index contributed by atoms with van der Waals surface area (Å²) in [6.45, 7) is 1.41. The van der Waals surface area contributed by atoms with Crippen LogP contribution in [-0.2, 0) is 9.53 Å². The largest absolute Gasteiger partial charge is 1.00 e. The second-order valence-electron chi connectivity index (χ2n) is 1.20. The molecule has 0 saturated heterocycles. The molecule has 0 aromatic rings. The molecule has 0 amide bonds. The number of carbonyl (C=O) groups is 1. The fourth-order valence-electron chi connectivity index (χ4n) is 0.0962. The van der Waals surface area contributed by atoms with Crippen LogP contribution < -0.4 is 34.7 Å². The summed E-state index contributed by atoms with van der Waals surface area (Å²) < 4.78 is 4.35. The second-order valence-corrected chi connectivity index (χ2v) is 1.20. The molecule has 3 nitrogen and oxygen atoms in total. The van der Waals surface area contributed by atoms with Crippen molar-refractivity contribution < 1.29 is 44.2 Å². The maximum Gasteiger partial charge on any atom is 1.00 e. The average molecular weight is 126 g/mol. The number of hydrogen-bond acceptors (Lipinski definition) is 3. The van der Waals surface area contributed by atoms with Gasteiger partial charge in [-0.1, -0.05) is 0 Å². The molecule has 8 heavy (non-hydrogen) atoms. The van der Waals surface area contributed by atoms with Gasteiger partial charge in [0.2, 0.25) is 0 Å². The summed E-state index contributed by atoms with van der Waals surface area (Å²) >= 11 is 0. The first kappa shape index (κ1) is 11.3. The van der Waals surface area contributed by atoms with Crippen molar-refractivity contribution in [1.82, 2.24) is 0 Å². The van der Waals surface area contributed by atoms with Crippen LogP contribution in [0.25, 0.3) is 0 Å². The predicted octanol–water partition coefficient (Wildman–Crippen LogP) is -4.22. The SMILES string of the molecule is CO[C@@H](C)C(=O)[O-].[Na+]. The van der Waals surface area contributed by atoms with Gasteiger partial charge in [0.25, 0.3) is 0 Å². The maximum atomic E-state index is 9.69. The van der Waals surface area contributed by atoms with Crippen molar-refractivity contribution in [3.63, 3.8) is 0 Å². The molecule has 0 bridgehead atoms. The molecular weight excluding hydrogens is 119 g/mol. The molecule has 42 valence electrons. The van der Waals surface area contributed by atoms with Gasteiger partial charge < -0.3 is 14.6 Å². The minimum Gasteiger partial charge on any atom is -0.547 e. The van der Waals surface area contributed by atoms with Gasteiger partial charge >= 0.3 is 29.6 Å². The molecule has 0 spiro atoms. The summed E-state index contributed by atoms with van der Waals surface area (Å²) in [5.74, 6) is -1.18. The zero-order valence-electron chi connectivity index (χ0n) is 5.30. The molecule has 0 saturated carbocycles. The van der Waals surface area contributed by atoms with Crippen LogP contribution in [-0.4, -0.2) is 19.2 Å². The number of aliphatic carboxylic acids is 1. The maximum absolute atomic E-state index is 9.69. The quantitative estimate of drug-likeness (QED) is 0.352. The summed E-state index contributed by atoms with van der Waals surface area (Å²) in [5.41, 5.74) is 0. The van der Waals surface area contributed by atoms with E-state index in [2.05, 4.69) is 4.74 Å². The van der Waals surface area contributed by atoms with Crippen LogP contribution in [0.3, 0.4) is 0 Å². The van der Waals surface area contributed by atoms with Crippen molar-refractivity contribution in [2.75, 3.05) is 7.11 Å².